The number of likely N-dealkylation sites (N-methyl/N-ethyl adjacent to an activating group) is 2. The standard InChI is InChI=1S/C10H21N3O2S/c1-4-11-7(3)9(14)13-8(6-16)10(15)12-5-2/h7-8,11,16H,4-6H2,1-3H3,(H,12,15)(H,13,14)/t7-,8-/m1/s1. The predicted octanol–water partition coefficient (Wildman–Crippen LogP) is -0.465. The van der Waals surface area contributed by atoms with E-state index in [0.29, 0.717) is 13.1 Å². The molecule has 5 nitrogen and oxygen atoms in total. The van der Waals surface area contributed by atoms with E-state index in [0.717, 1.165) is 0 Å². The summed E-state index contributed by atoms with van der Waals surface area (Å²) >= 11 is 4.05. The van der Waals surface area contributed by atoms with Gasteiger partial charge in [-0.15, -0.1) is 0 Å². The van der Waals surface area contributed by atoms with Gasteiger partial charge < -0.3 is 16.0 Å². The van der Waals surface area contributed by atoms with Crippen molar-refractivity contribution < 1.29 is 9.59 Å². The van der Waals surface area contributed by atoms with Gasteiger partial charge in [0.2, 0.25) is 11.8 Å². The number of carbonyl (C=O) groups excluding carboxylic acids is 2. The summed E-state index contributed by atoms with van der Waals surface area (Å²) in [7, 11) is 0. The SMILES string of the molecule is CCNC(=O)[C@@H](CS)NC(=O)[C@@H](C)NCC. The average Bonchev–Trinajstić information content (AvgIpc) is 2.26. The van der Waals surface area contributed by atoms with Crippen LogP contribution in [-0.4, -0.2) is 42.7 Å². The molecule has 94 valence electrons. The quantitative estimate of drug-likeness (QED) is 0.460. The molecule has 0 aliphatic carbocycles. The van der Waals surface area contributed by atoms with Gasteiger partial charge in [0.1, 0.15) is 6.04 Å². The summed E-state index contributed by atoms with van der Waals surface area (Å²) in [5.41, 5.74) is 0. The van der Waals surface area contributed by atoms with Crippen LogP contribution in [0.5, 0.6) is 0 Å². The number of carbonyl (C=O) groups is 2. The van der Waals surface area contributed by atoms with Crippen LogP contribution in [0.3, 0.4) is 0 Å². The van der Waals surface area contributed by atoms with Crippen molar-refractivity contribution in [2.24, 2.45) is 0 Å². The second kappa shape index (κ2) is 8.41. The Hall–Kier alpha value is -0.750. The van der Waals surface area contributed by atoms with Crippen molar-refractivity contribution in [1.29, 1.82) is 0 Å². The zero-order valence-electron chi connectivity index (χ0n) is 10.0. The van der Waals surface area contributed by atoms with E-state index in [1.165, 1.54) is 0 Å². The first-order valence-electron chi connectivity index (χ1n) is 5.49. The van der Waals surface area contributed by atoms with Crippen LogP contribution in [0.1, 0.15) is 20.8 Å². The van der Waals surface area contributed by atoms with Crippen molar-refractivity contribution in [2.75, 3.05) is 18.8 Å². The molecule has 6 heteroatoms. The maximum atomic E-state index is 11.6. The van der Waals surface area contributed by atoms with Gasteiger partial charge in [0.25, 0.3) is 0 Å². The molecule has 0 aromatic rings. The smallest absolute Gasteiger partial charge is 0.243 e. The lowest BCUT2D eigenvalue weighted by atomic mass is 10.2. The minimum absolute atomic E-state index is 0.188. The van der Waals surface area contributed by atoms with E-state index in [4.69, 9.17) is 0 Å². The molecule has 0 spiro atoms. The summed E-state index contributed by atoms with van der Waals surface area (Å²) in [6, 6.07) is -0.876. The topological polar surface area (TPSA) is 70.2 Å². The van der Waals surface area contributed by atoms with E-state index >= 15 is 0 Å². The number of nitrogens with one attached hydrogen (secondary N) is 3. The molecule has 0 aromatic carbocycles. The third-order valence-electron chi connectivity index (χ3n) is 2.07. The van der Waals surface area contributed by atoms with Crippen LogP contribution in [-0.2, 0) is 9.59 Å². The lowest BCUT2D eigenvalue weighted by Crippen LogP contribution is -2.52. The fourth-order valence-corrected chi connectivity index (χ4v) is 1.44. The van der Waals surface area contributed by atoms with Gasteiger partial charge in [-0.1, -0.05) is 6.92 Å². The van der Waals surface area contributed by atoms with Crippen LogP contribution in [0.4, 0.5) is 0 Å². The Kier molecular flexibility index (Phi) is 8.01. The van der Waals surface area contributed by atoms with Crippen LogP contribution in [0, 0.1) is 0 Å². The molecule has 0 saturated heterocycles. The molecule has 0 heterocycles. The highest BCUT2D eigenvalue weighted by molar-refractivity contribution is 7.80. The molecular formula is C10H21N3O2S. The fourth-order valence-electron chi connectivity index (χ4n) is 1.19. The van der Waals surface area contributed by atoms with Gasteiger partial charge >= 0.3 is 0 Å². The number of thiol groups is 1. The van der Waals surface area contributed by atoms with Crippen molar-refractivity contribution in [3.8, 4) is 0 Å². The Morgan fingerprint density at radius 1 is 1.19 bits per heavy atom. The molecule has 0 rings (SSSR count). The van der Waals surface area contributed by atoms with Gasteiger partial charge in [0, 0.05) is 12.3 Å². The third kappa shape index (κ3) is 5.37. The van der Waals surface area contributed by atoms with Crippen molar-refractivity contribution in [3.05, 3.63) is 0 Å². The molecular weight excluding hydrogens is 226 g/mol. The van der Waals surface area contributed by atoms with E-state index in [-0.39, 0.29) is 23.6 Å². The Morgan fingerprint density at radius 3 is 2.25 bits per heavy atom. The summed E-state index contributed by atoms with van der Waals surface area (Å²) < 4.78 is 0. The van der Waals surface area contributed by atoms with Gasteiger partial charge in [-0.3, -0.25) is 9.59 Å². The number of amides is 2. The highest BCUT2D eigenvalue weighted by Gasteiger charge is 2.21. The monoisotopic (exact) mass is 247 g/mol. The zero-order valence-corrected chi connectivity index (χ0v) is 10.9. The molecule has 0 aliphatic heterocycles. The predicted molar refractivity (Wildman–Crippen MR) is 67.6 cm³/mol. The minimum Gasteiger partial charge on any atom is -0.355 e. The molecule has 2 amide bonds. The Balaban J connectivity index is 4.20. The summed E-state index contributed by atoms with van der Waals surface area (Å²) in [5, 5.41) is 8.27. The zero-order chi connectivity index (χ0) is 12.6. The summed E-state index contributed by atoms with van der Waals surface area (Å²) in [6.07, 6.45) is 0. The van der Waals surface area contributed by atoms with Crippen LogP contribution in [0.15, 0.2) is 0 Å². The lowest BCUT2D eigenvalue weighted by Gasteiger charge is -2.19. The molecule has 0 fully saturated rings. The highest BCUT2D eigenvalue weighted by Crippen LogP contribution is 1.91. The summed E-state index contributed by atoms with van der Waals surface area (Å²) in [5.74, 6) is -0.0992. The maximum Gasteiger partial charge on any atom is 0.243 e. The summed E-state index contributed by atoms with van der Waals surface area (Å²) in [6.45, 7) is 6.76. The number of hydrogen-bond donors (Lipinski definition) is 4. The highest BCUT2D eigenvalue weighted by atomic mass is 32.1. The Labute approximate surface area is 102 Å². The molecule has 2 atom stereocenters. The van der Waals surface area contributed by atoms with Crippen LogP contribution >= 0.6 is 12.6 Å². The summed E-state index contributed by atoms with van der Waals surface area (Å²) in [4.78, 5) is 23.1. The van der Waals surface area contributed by atoms with Crippen molar-refractivity contribution in [2.45, 2.75) is 32.9 Å². The van der Waals surface area contributed by atoms with Crippen molar-refractivity contribution in [1.82, 2.24) is 16.0 Å². The van der Waals surface area contributed by atoms with Gasteiger partial charge in [-0.05, 0) is 20.4 Å². The maximum absolute atomic E-state index is 11.6. The molecule has 16 heavy (non-hydrogen) atoms. The first kappa shape index (κ1) is 15.2. The lowest BCUT2D eigenvalue weighted by molar-refractivity contribution is -0.129. The van der Waals surface area contributed by atoms with Crippen molar-refractivity contribution in [3.63, 3.8) is 0 Å². The van der Waals surface area contributed by atoms with Gasteiger partial charge in [-0.25, -0.2) is 0 Å². The first-order chi connectivity index (χ1) is 7.56. The number of hydrogen-bond acceptors (Lipinski definition) is 4. The van der Waals surface area contributed by atoms with Crippen LogP contribution < -0.4 is 16.0 Å². The molecule has 3 N–H and O–H groups in total. The average molecular weight is 247 g/mol. The Bertz CT molecular complexity index is 236. The second-order valence-corrected chi connectivity index (χ2v) is 3.78. The molecule has 0 radical (unpaired) electrons. The largest absolute Gasteiger partial charge is 0.355 e. The van der Waals surface area contributed by atoms with E-state index in [9.17, 15) is 9.59 Å². The molecule has 0 unspecified atom stereocenters. The van der Waals surface area contributed by atoms with Gasteiger partial charge in [-0.2, -0.15) is 12.6 Å². The van der Waals surface area contributed by atoms with E-state index in [2.05, 4.69) is 28.6 Å². The first-order valence-corrected chi connectivity index (χ1v) is 6.12. The van der Waals surface area contributed by atoms with Crippen LogP contribution in [0.25, 0.3) is 0 Å². The Morgan fingerprint density at radius 2 is 1.81 bits per heavy atom. The second-order valence-electron chi connectivity index (χ2n) is 3.42. The van der Waals surface area contributed by atoms with E-state index < -0.39 is 6.04 Å². The normalized spacial score (nSPS) is 14.0. The van der Waals surface area contributed by atoms with Crippen molar-refractivity contribution >= 4 is 24.4 Å². The molecule has 0 bridgehead atoms. The number of rotatable bonds is 7. The molecule has 0 saturated carbocycles. The van der Waals surface area contributed by atoms with Gasteiger partial charge in [0.05, 0.1) is 6.04 Å². The minimum atomic E-state index is -0.572. The molecule has 0 aliphatic rings. The molecule has 0 aromatic heterocycles. The van der Waals surface area contributed by atoms with E-state index in [1.54, 1.807) is 6.92 Å². The van der Waals surface area contributed by atoms with Gasteiger partial charge in [0.15, 0.2) is 0 Å². The van der Waals surface area contributed by atoms with Crippen LogP contribution in [0.2, 0.25) is 0 Å². The van der Waals surface area contributed by atoms with E-state index in [1.807, 2.05) is 13.8 Å². The fraction of sp³-hybridized carbons (Fsp3) is 0.800. The third-order valence-corrected chi connectivity index (χ3v) is 2.44.